The summed E-state index contributed by atoms with van der Waals surface area (Å²) >= 11 is 0. The third kappa shape index (κ3) is 5.81. The number of unbranched alkanes of at least 4 members (excludes halogenated alkanes) is 1. The number of nitrogens with zero attached hydrogens (tertiary/aromatic N) is 1. The molecular formula is C15H30N2O2. The smallest absolute Gasteiger partial charge is 0.317 e. The van der Waals surface area contributed by atoms with Crippen molar-refractivity contribution in [3.8, 4) is 0 Å². The number of urea groups is 1. The van der Waals surface area contributed by atoms with Crippen molar-refractivity contribution >= 4 is 6.03 Å². The van der Waals surface area contributed by atoms with E-state index in [1.807, 2.05) is 0 Å². The van der Waals surface area contributed by atoms with Gasteiger partial charge in [0.15, 0.2) is 0 Å². The lowest BCUT2D eigenvalue weighted by atomic mass is 9.97. The fourth-order valence-electron chi connectivity index (χ4n) is 2.96. The summed E-state index contributed by atoms with van der Waals surface area (Å²) in [6, 6.07) is 0.263. The largest absolute Gasteiger partial charge is 0.389 e. The highest BCUT2D eigenvalue weighted by molar-refractivity contribution is 5.74. The van der Waals surface area contributed by atoms with Crippen LogP contribution < -0.4 is 5.32 Å². The molecule has 4 nitrogen and oxygen atoms in total. The molecule has 0 radical (unpaired) electrons. The maximum absolute atomic E-state index is 12.1. The van der Waals surface area contributed by atoms with Gasteiger partial charge >= 0.3 is 6.03 Å². The maximum atomic E-state index is 12.1. The van der Waals surface area contributed by atoms with Gasteiger partial charge in [-0.2, -0.15) is 0 Å². The Morgan fingerprint density at radius 2 is 2.11 bits per heavy atom. The average molecular weight is 270 g/mol. The van der Waals surface area contributed by atoms with Gasteiger partial charge in [-0.3, -0.25) is 0 Å². The van der Waals surface area contributed by atoms with Crippen molar-refractivity contribution < 1.29 is 9.90 Å². The summed E-state index contributed by atoms with van der Waals surface area (Å²) in [5.41, 5.74) is -0.844. The molecule has 112 valence electrons. The van der Waals surface area contributed by atoms with Crippen LogP contribution in [0.1, 0.15) is 59.3 Å². The first-order chi connectivity index (χ1) is 8.83. The first-order valence-corrected chi connectivity index (χ1v) is 7.57. The van der Waals surface area contributed by atoms with Gasteiger partial charge in [0, 0.05) is 13.1 Å². The van der Waals surface area contributed by atoms with Crippen LogP contribution in [0.4, 0.5) is 4.79 Å². The molecule has 2 N–H and O–H groups in total. The summed E-state index contributed by atoms with van der Waals surface area (Å²) in [5.74, 6) is 0.638. The van der Waals surface area contributed by atoms with Crippen molar-refractivity contribution in [2.75, 3.05) is 13.6 Å². The van der Waals surface area contributed by atoms with Crippen LogP contribution in [-0.4, -0.2) is 41.3 Å². The predicted octanol–water partition coefficient (Wildman–Crippen LogP) is 2.76. The van der Waals surface area contributed by atoms with Crippen LogP contribution in [0.3, 0.4) is 0 Å². The number of amides is 2. The van der Waals surface area contributed by atoms with Crippen molar-refractivity contribution in [1.29, 1.82) is 0 Å². The molecule has 2 atom stereocenters. The predicted molar refractivity (Wildman–Crippen MR) is 78.1 cm³/mol. The first-order valence-electron chi connectivity index (χ1n) is 7.57. The van der Waals surface area contributed by atoms with Gasteiger partial charge in [-0.15, -0.1) is 0 Å². The molecule has 1 aliphatic rings. The summed E-state index contributed by atoms with van der Waals surface area (Å²) in [7, 11) is 1.74. The van der Waals surface area contributed by atoms with E-state index in [1.165, 1.54) is 32.1 Å². The second-order valence-electron chi connectivity index (χ2n) is 6.56. The van der Waals surface area contributed by atoms with Crippen LogP contribution in [0.25, 0.3) is 0 Å². The molecule has 0 aromatic carbocycles. The summed E-state index contributed by atoms with van der Waals surface area (Å²) < 4.78 is 0. The third-order valence-corrected chi connectivity index (χ3v) is 3.87. The van der Waals surface area contributed by atoms with E-state index in [9.17, 15) is 9.90 Å². The molecule has 0 spiro atoms. The molecule has 0 aromatic rings. The zero-order valence-electron chi connectivity index (χ0n) is 12.9. The number of hydrogen-bond donors (Lipinski definition) is 2. The Morgan fingerprint density at radius 1 is 1.42 bits per heavy atom. The van der Waals surface area contributed by atoms with Crippen LogP contribution in [0.2, 0.25) is 0 Å². The van der Waals surface area contributed by atoms with Gasteiger partial charge in [-0.1, -0.05) is 26.2 Å². The van der Waals surface area contributed by atoms with Crippen molar-refractivity contribution in [2.45, 2.75) is 70.9 Å². The molecule has 0 heterocycles. The highest BCUT2D eigenvalue weighted by Gasteiger charge is 2.29. The van der Waals surface area contributed by atoms with E-state index in [2.05, 4.69) is 12.2 Å². The lowest BCUT2D eigenvalue weighted by Crippen LogP contribution is -2.48. The van der Waals surface area contributed by atoms with Gasteiger partial charge in [-0.25, -0.2) is 4.79 Å². The molecule has 2 unspecified atom stereocenters. The summed E-state index contributed by atoms with van der Waals surface area (Å²) in [4.78, 5) is 13.7. The fourth-order valence-corrected chi connectivity index (χ4v) is 2.96. The molecule has 1 fully saturated rings. The number of rotatable bonds is 6. The molecule has 0 bridgehead atoms. The number of aliphatic hydroxyl groups is 1. The normalized spacial score (nSPS) is 23.4. The zero-order chi connectivity index (χ0) is 14.5. The Hall–Kier alpha value is -0.770. The van der Waals surface area contributed by atoms with Crippen LogP contribution in [0.5, 0.6) is 0 Å². The van der Waals surface area contributed by atoms with Gasteiger partial charge in [0.05, 0.1) is 12.1 Å². The minimum atomic E-state index is -0.844. The second kappa shape index (κ2) is 7.13. The van der Waals surface area contributed by atoms with Crippen molar-refractivity contribution in [1.82, 2.24) is 10.2 Å². The summed E-state index contributed by atoms with van der Waals surface area (Å²) in [6.45, 7) is 6.00. The number of carbonyl (C=O) groups excluding carboxylic acids is 1. The van der Waals surface area contributed by atoms with Gasteiger partial charge < -0.3 is 15.3 Å². The molecule has 0 saturated heterocycles. The van der Waals surface area contributed by atoms with Crippen LogP contribution >= 0.6 is 0 Å². The van der Waals surface area contributed by atoms with Crippen LogP contribution in [-0.2, 0) is 0 Å². The average Bonchev–Trinajstić information content (AvgIpc) is 2.71. The standard InChI is InChI=1S/C15H30N2O2/c1-5-6-8-12-9-7-10-13(12)16-14(18)17(4)11-15(2,3)19/h12-13,19H,5-11H2,1-4H3,(H,16,18). The Bertz CT molecular complexity index is 286. The van der Waals surface area contributed by atoms with Gasteiger partial charge in [-0.05, 0) is 39.0 Å². The van der Waals surface area contributed by atoms with E-state index in [-0.39, 0.29) is 6.03 Å². The lowest BCUT2D eigenvalue weighted by Gasteiger charge is -2.28. The minimum Gasteiger partial charge on any atom is -0.389 e. The van der Waals surface area contributed by atoms with E-state index in [0.717, 1.165) is 6.42 Å². The molecular weight excluding hydrogens is 240 g/mol. The Labute approximate surface area is 117 Å². The van der Waals surface area contributed by atoms with Crippen LogP contribution in [0, 0.1) is 5.92 Å². The van der Waals surface area contributed by atoms with Crippen molar-refractivity contribution in [3.05, 3.63) is 0 Å². The topological polar surface area (TPSA) is 52.6 Å². The SMILES string of the molecule is CCCCC1CCCC1NC(=O)N(C)CC(C)(C)O. The Morgan fingerprint density at radius 3 is 2.68 bits per heavy atom. The Balaban J connectivity index is 2.42. The highest BCUT2D eigenvalue weighted by atomic mass is 16.3. The second-order valence-corrected chi connectivity index (χ2v) is 6.56. The van der Waals surface area contributed by atoms with E-state index in [0.29, 0.717) is 18.5 Å². The van der Waals surface area contributed by atoms with Crippen LogP contribution in [0.15, 0.2) is 0 Å². The zero-order valence-corrected chi connectivity index (χ0v) is 12.9. The number of carbonyl (C=O) groups is 1. The minimum absolute atomic E-state index is 0.0597. The monoisotopic (exact) mass is 270 g/mol. The van der Waals surface area contributed by atoms with Crippen molar-refractivity contribution in [2.24, 2.45) is 5.92 Å². The molecule has 2 amide bonds. The highest BCUT2D eigenvalue weighted by Crippen LogP contribution is 2.29. The van der Waals surface area contributed by atoms with Gasteiger partial charge in [0.2, 0.25) is 0 Å². The molecule has 4 heteroatoms. The number of nitrogens with one attached hydrogen (secondary N) is 1. The molecule has 0 aromatic heterocycles. The van der Waals surface area contributed by atoms with E-state index < -0.39 is 5.60 Å². The van der Waals surface area contributed by atoms with Gasteiger partial charge in [0.25, 0.3) is 0 Å². The maximum Gasteiger partial charge on any atom is 0.317 e. The molecule has 1 rings (SSSR count). The molecule has 1 aliphatic carbocycles. The first kappa shape index (κ1) is 16.3. The summed E-state index contributed by atoms with van der Waals surface area (Å²) in [5, 5.41) is 12.9. The summed E-state index contributed by atoms with van der Waals surface area (Å²) in [6.07, 6.45) is 7.23. The van der Waals surface area contributed by atoms with E-state index >= 15 is 0 Å². The third-order valence-electron chi connectivity index (χ3n) is 3.87. The molecule has 19 heavy (non-hydrogen) atoms. The Kier molecular flexibility index (Phi) is 6.11. The fraction of sp³-hybridized carbons (Fsp3) is 0.933. The lowest BCUT2D eigenvalue weighted by molar-refractivity contribution is 0.0525. The number of hydrogen-bond acceptors (Lipinski definition) is 2. The van der Waals surface area contributed by atoms with E-state index in [1.54, 1.807) is 25.8 Å². The van der Waals surface area contributed by atoms with Crippen molar-refractivity contribution in [3.63, 3.8) is 0 Å². The molecule has 1 saturated carbocycles. The quantitative estimate of drug-likeness (QED) is 0.779. The number of likely N-dealkylation sites (N-methyl/N-ethyl adjacent to an activating group) is 1. The van der Waals surface area contributed by atoms with Gasteiger partial charge in [0.1, 0.15) is 0 Å². The molecule has 0 aliphatic heterocycles. The van der Waals surface area contributed by atoms with E-state index in [4.69, 9.17) is 0 Å².